The molecule has 0 radical (unpaired) electrons. The molecule has 0 aliphatic heterocycles. The maximum Gasteiger partial charge on any atom is 0.252 e. The second kappa shape index (κ2) is 7.97. The van der Waals surface area contributed by atoms with Crippen LogP contribution in [-0.4, -0.2) is 30.3 Å². The average Bonchev–Trinajstić information content (AvgIpc) is 3.12. The quantitative estimate of drug-likeness (QED) is 0.701. The lowest BCUT2D eigenvalue weighted by Gasteiger charge is -2.13. The van der Waals surface area contributed by atoms with E-state index in [4.69, 9.17) is 14.0 Å². The van der Waals surface area contributed by atoms with Gasteiger partial charge in [-0.15, -0.1) is 0 Å². The highest BCUT2D eigenvalue weighted by molar-refractivity contribution is 5.88. The van der Waals surface area contributed by atoms with Crippen molar-refractivity contribution in [3.63, 3.8) is 0 Å². The monoisotopic (exact) mass is 355 g/mol. The molecule has 1 N–H and O–H groups in total. The second-order valence-electron chi connectivity index (χ2n) is 5.95. The molecule has 0 saturated heterocycles. The third-order valence-electron chi connectivity index (χ3n) is 4.16. The van der Waals surface area contributed by atoms with Crippen LogP contribution in [0, 0.1) is 0 Å². The third-order valence-corrected chi connectivity index (χ3v) is 4.16. The van der Waals surface area contributed by atoms with Gasteiger partial charge in [0.05, 0.1) is 19.6 Å². The van der Waals surface area contributed by atoms with Crippen LogP contribution in [0.5, 0.6) is 5.75 Å². The summed E-state index contributed by atoms with van der Waals surface area (Å²) < 4.78 is 15.2. The van der Waals surface area contributed by atoms with Gasteiger partial charge in [-0.05, 0) is 35.4 Å². The fraction of sp³-hybridized carbons (Fsp3) is 0.316. The molecule has 1 heterocycles. The second-order valence-corrected chi connectivity index (χ2v) is 5.95. The Bertz CT molecular complexity index is 907. The fourth-order valence-electron chi connectivity index (χ4n) is 2.65. The first-order valence-electron chi connectivity index (χ1n) is 8.26. The molecule has 7 heteroatoms. The highest BCUT2D eigenvalue weighted by atomic mass is 16.5. The number of amides is 1. The molecule has 136 valence electrons. The van der Waals surface area contributed by atoms with Crippen LogP contribution in [0.3, 0.4) is 0 Å². The molecular weight excluding hydrogens is 334 g/mol. The van der Waals surface area contributed by atoms with E-state index < -0.39 is 0 Å². The number of nitrogens with zero attached hydrogens (tertiary/aromatic N) is 2. The molecule has 7 nitrogen and oxygen atoms in total. The zero-order valence-corrected chi connectivity index (χ0v) is 15.0. The minimum Gasteiger partial charge on any atom is -0.497 e. The predicted octanol–water partition coefficient (Wildman–Crippen LogP) is 2.80. The number of aromatic nitrogens is 2. The topological polar surface area (TPSA) is 86.5 Å². The van der Waals surface area contributed by atoms with Crippen LogP contribution in [0.1, 0.15) is 30.1 Å². The Labute approximate surface area is 151 Å². The van der Waals surface area contributed by atoms with Gasteiger partial charge in [0.1, 0.15) is 12.4 Å². The lowest BCUT2D eigenvalue weighted by molar-refractivity contribution is -0.122. The van der Waals surface area contributed by atoms with Gasteiger partial charge in [-0.25, -0.2) is 0 Å². The van der Waals surface area contributed by atoms with Crippen LogP contribution in [-0.2, 0) is 22.7 Å². The Kier molecular flexibility index (Phi) is 5.48. The van der Waals surface area contributed by atoms with E-state index in [1.807, 2.05) is 43.3 Å². The van der Waals surface area contributed by atoms with E-state index >= 15 is 0 Å². The summed E-state index contributed by atoms with van der Waals surface area (Å²) in [6, 6.07) is 11.8. The minimum absolute atomic E-state index is 0.101. The molecule has 3 rings (SSSR count). The maximum absolute atomic E-state index is 12.4. The lowest BCUT2D eigenvalue weighted by Crippen LogP contribution is -2.28. The van der Waals surface area contributed by atoms with Crippen LogP contribution in [0.4, 0.5) is 0 Å². The van der Waals surface area contributed by atoms with Crippen molar-refractivity contribution in [1.82, 2.24) is 15.5 Å². The Balaban J connectivity index is 1.66. The molecule has 1 amide bonds. The first-order chi connectivity index (χ1) is 12.6. The number of methoxy groups -OCH3 is 2. The van der Waals surface area contributed by atoms with Crippen molar-refractivity contribution in [2.75, 3.05) is 14.2 Å². The van der Waals surface area contributed by atoms with Gasteiger partial charge in [-0.1, -0.05) is 29.4 Å². The predicted molar refractivity (Wildman–Crippen MR) is 95.8 cm³/mol. The first-order valence-corrected chi connectivity index (χ1v) is 8.26. The third kappa shape index (κ3) is 4.00. The van der Waals surface area contributed by atoms with Gasteiger partial charge in [0.25, 0.3) is 5.89 Å². The van der Waals surface area contributed by atoms with Crippen molar-refractivity contribution in [2.24, 2.45) is 0 Å². The van der Waals surface area contributed by atoms with Gasteiger partial charge < -0.3 is 19.3 Å². The van der Waals surface area contributed by atoms with Crippen molar-refractivity contribution in [3.05, 3.63) is 53.7 Å². The first kappa shape index (κ1) is 17.9. The van der Waals surface area contributed by atoms with Gasteiger partial charge in [0, 0.05) is 7.11 Å². The Morgan fingerprint density at radius 2 is 1.96 bits per heavy atom. The van der Waals surface area contributed by atoms with E-state index in [9.17, 15) is 4.79 Å². The molecule has 1 atom stereocenters. The number of hydrogen-bond acceptors (Lipinski definition) is 6. The van der Waals surface area contributed by atoms with Crippen LogP contribution in [0.2, 0.25) is 0 Å². The van der Waals surface area contributed by atoms with Crippen LogP contribution < -0.4 is 10.1 Å². The minimum atomic E-state index is -0.299. The van der Waals surface area contributed by atoms with Crippen molar-refractivity contribution in [3.8, 4) is 5.75 Å². The number of nitrogens with one attached hydrogen (secondary N) is 1. The summed E-state index contributed by atoms with van der Waals surface area (Å²) in [6.45, 7) is 2.33. The largest absolute Gasteiger partial charge is 0.497 e. The molecule has 0 aliphatic rings. The summed E-state index contributed by atoms with van der Waals surface area (Å²) in [6.07, 6.45) is 0. The summed E-state index contributed by atoms with van der Waals surface area (Å²) in [5.41, 5.74) is 0.938. The van der Waals surface area contributed by atoms with E-state index in [2.05, 4.69) is 15.5 Å². The summed E-state index contributed by atoms with van der Waals surface area (Å²) in [5, 5.41) is 8.77. The zero-order chi connectivity index (χ0) is 18.5. The number of ether oxygens (including phenoxy) is 2. The molecule has 0 unspecified atom stereocenters. The van der Waals surface area contributed by atoms with Crippen molar-refractivity contribution < 1.29 is 18.8 Å². The number of hydrogen-bond donors (Lipinski definition) is 1. The van der Waals surface area contributed by atoms with Crippen LogP contribution >= 0.6 is 0 Å². The Hall–Kier alpha value is -2.93. The maximum atomic E-state index is 12.4. The Morgan fingerprint density at radius 3 is 2.73 bits per heavy atom. The van der Waals surface area contributed by atoms with E-state index in [0.29, 0.717) is 11.7 Å². The van der Waals surface area contributed by atoms with E-state index in [1.54, 1.807) is 14.2 Å². The molecule has 0 bridgehead atoms. The number of rotatable bonds is 7. The average molecular weight is 355 g/mol. The number of fused-ring (bicyclic) bond motifs is 1. The zero-order valence-electron chi connectivity index (χ0n) is 15.0. The normalized spacial score (nSPS) is 12.1. The van der Waals surface area contributed by atoms with Crippen molar-refractivity contribution in [1.29, 1.82) is 0 Å². The number of carbonyl (C=O) groups is 1. The van der Waals surface area contributed by atoms with Crippen molar-refractivity contribution in [2.45, 2.75) is 26.0 Å². The van der Waals surface area contributed by atoms with E-state index in [1.165, 1.54) is 0 Å². The fourth-order valence-corrected chi connectivity index (χ4v) is 2.65. The molecule has 2 aromatic carbocycles. The van der Waals surface area contributed by atoms with Crippen LogP contribution in [0.25, 0.3) is 10.8 Å². The lowest BCUT2D eigenvalue weighted by atomic mass is 9.97. The summed E-state index contributed by atoms with van der Waals surface area (Å²) in [5.74, 6) is 1.21. The molecule has 0 aliphatic carbocycles. The van der Waals surface area contributed by atoms with E-state index in [0.717, 1.165) is 22.1 Å². The highest BCUT2D eigenvalue weighted by Crippen LogP contribution is 2.25. The summed E-state index contributed by atoms with van der Waals surface area (Å²) in [7, 11) is 3.19. The molecule has 26 heavy (non-hydrogen) atoms. The molecule has 0 saturated carbocycles. The molecule has 3 aromatic rings. The summed E-state index contributed by atoms with van der Waals surface area (Å²) >= 11 is 0. The standard InChI is InChI=1S/C19H21N3O4/c1-12(19(23)20-10-17-21-18(11-24-2)26-22-17)13-4-5-15-9-16(25-3)7-6-14(15)8-13/h4-9,12H,10-11H2,1-3H3,(H,20,23)/t12-/m0/s1. The van der Waals surface area contributed by atoms with E-state index in [-0.39, 0.29) is 25.0 Å². The summed E-state index contributed by atoms with van der Waals surface area (Å²) in [4.78, 5) is 16.6. The van der Waals surface area contributed by atoms with Gasteiger partial charge in [0.15, 0.2) is 5.82 Å². The van der Waals surface area contributed by atoms with Crippen molar-refractivity contribution >= 4 is 16.7 Å². The molecular formula is C19H21N3O4. The smallest absolute Gasteiger partial charge is 0.252 e. The molecule has 0 spiro atoms. The molecule has 1 aromatic heterocycles. The Morgan fingerprint density at radius 1 is 1.19 bits per heavy atom. The number of benzene rings is 2. The van der Waals surface area contributed by atoms with Crippen LogP contribution in [0.15, 0.2) is 40.9 Å². The SMILES string of the molecule is COCc1nc(CNC(=O)[C@@H](C)c2ccc3cc(OC)ccc3c2)no1. The number of carbonyl (C=O) groups excluding carboxylic acids is 1. The van der Waals surface area contributed by atoms with Gasteiger partial charge in [0.2, 0.25) is 5.91 Å². The highest BCUT2D eigenvalue weighted by Gasteiger charge is 2.16. The van der Waals surface area contributed by atoms with Gasteiger partial charge in [-0.2, -0.15) is 4.98 Å². The van der Waals surface area contributed by atoms with Gasteiger partial charge in [-0.3, -0.25) is 4.79 Å². The molecule has 0 fully saturated rings. The van der Waals surface area contributed by atoms with Gasteiger partial charge >= 0.3 is 0 Å².